The first-order valence-corrected chi connectivity index (χ1v) is 9.51. The summed E-state index contributed by atoms with van der Waals surface area (Å²) in [6.45, 7) is 4.54. The second-order valence-electron chi connectivity index (χ2n) is 8.86. The molecule has 0 bridgehead atoms. The van der Waals surface area contributed by atoms with Crippen LogP contribution in [0, 0.1) is 34.5 Å². The molecule has 0 spiro atoms. The van der Waals surface area contributed by atoms with Crippen LogP contribution in [0.4, 0.5) is 0 Å². The largest absolute Gasteiger partial charge is 0.389 e. The summed E-state index contributed by atoms with van der Waals surface area (Å²) in [5.74, 6) is 2.38. The smallest absolute Gasteiger partial charge is 0.161 e. The molecular weight excluding hydrogens is 284 g/mol. The van der Waals surface area contributed by atoms with Crippen LogP contribution in [0.25, 0.3) is 0 Å². The average molecular weight is 314 g/mol. The second kappa shape index (κ2) is 5.31. The zero-order chi connectivity index (χ0) is 16.2. The van der Waals surface area contributed by atoms with Crippen LogP contribution in [-0.2, 0) is 4.79 Å². The summed E-state index contributed by atoms with van der Waals surface area (Å²) in [4.78, 5) is 12.3. The normalized spacial score (nSPS) is 48.2. The summed E-state index contributed by atoms with van der Waals surface area (Å²) in [7, 11) is 0. The number of hydrogen-bond acceptors (Lipinski definition) is 2. The molecule has 4 aliphatic rings. The minimum Gasteiger partial charge on any atom is -0.389 e. The molecule has 4 rings (SSSR count). The molecule has 0 aromatic rings. The number of aliphatic hydroxyl groups is 1. The van der Waals surface area contributed by atoms with E-state index >= 15 is 0 Å². The third-order valence-electron chi connectivity index (χ3n) is 8.16. The van der Waals surface area contributed by atoms with Gasteiger partial charge in [0.25, 0.3) is 0 Å². The highest BCUT2D eigenvalue weighted by Gasteiger charge is 2.59. The Morgan fingerprint density at radius 3 is 2.83 bits per heavy atom. The van der Waals surface area contributed by atoms with Crippen molar-refractivity contribution in [2.75, 3.05) is 6.61 Å². The van der Waals surface area contributed by atoms with Gasteiger partial charge < -0.3 is 5.11 Å². The first-order chi connectivity index (χ1) is 11.0. The predicted molar refractivity (Wildman–Crippen MR) is 91.8 cm³/mol. The summed E-state index contributed by atoms with van der Waals surface area (Å²) < 4.78 is 0. The first kappa shape index (κ1) is 15.6. The monoisotopic (exact) mass is 314 g/mol. The molecule has 1 N–H and O–H groups in total. The molecule has 3 saturated carbocycles. The quantitative estimate of drug-likeness (QED) is 0.772. The zero-order valence-electron chi connectivity index (χ0n) is 14.6. The van der Waals surface area contributed by atoms with Crippen LogP contribution >= 0.6 is 0 Å². The van der Waals surface area contributed by atoms with E-state index in [1.165, 1.54) is 25.7 Å². The van der Waals surface area contributed by atoms with E-state index in [0.717, 1.165) is 31.1 Å². The van der Waals surface area contributed by atoms with Gasteiger partial charge in [0.2, 0.25) is 0 Å². The highest BCUT2D eigenvalue weighted by atomic mass is 16.3. The van der Waals surface area contributed by atoms with Crippen molar-refractivity contribution in [1.82, 2.24) is 0 Å². The lowest BCUT2D eigenvalue weighted by Crippen LogP contribution is -2.50. The number of carbonyl (C=O) groups excluding carboxylic acids is 1. The van der Waals surface area contributed by atoms with Gasteiger partial charge in [0.15, 0.2) is 5.78 Å². The van der Waals surface area contributed by atoms with E-state index in [-0.39, 0.29) is 29.1 Å². The van der Waals surface area contributed by atoms with Crippen molar-refractivity contribution in [2.24, 2.45) is 34.5 Å². The maximum absolute atomic E-state index is 12.3. The lowest BCUT2D eigenvalue weighted by atomic mass is 9.47. The van der Waals surface area contributed by atoms with Gasteiger partial charge >= 0.3 is 0 Å². The van der Waals surface area contributed by atoms with E-state index in [4.69, 9.17) is 0 Å². The minimum absolute atomic E-state index is 0.0913. The van der Waals surface area contributed by atoms with Gasteiger partial charge in [-0.1, -0.05) is 37.6 Å². The molecule has 23 heavy (non-hydrogen) atoms. The maximum atomic E-state index is 12.3. The highest BCUT2D eigenvalue weighted by molar-refractivity contribution is 5.83. The van der Waals surface area contributed by atoms with E-state index in [1.54, 1.807) is 5.57 Å². The van der Waals surface area contributed by atoms with Crippen molar-refractivity contribution >= 4 is 5.78 Å². The number of aliphatic hydroxyl groups excluding tert-OH is 1. The Labute approximate surface area is 140 Å². The van der Waals surface area contributed by atoms with E-state index < -0.39 is 0 Å². The van der Waals surface area contributed by atoms with Crippen molar-refractivity contribution in [3.8, 4) is 0 Å². The summed E-state index contributed by atoms with van der Waals surface area (Å²) in [6, 6.07) is 0. The van der Waals surface area contributed by atoms with E-state index in [0.29, 0.717) is 5.92 Å². The standard InChI is InChI=1S/C21H30O2/c1-20-11-4-3-5-14(20)6-7-15-16-8-9-18(19(23)13-22)21(16,2)12-10-17(15)20/h4-5,11,15-18,22H,3,6-10,12-13H2,1-2H3/t15-,16-,17-,18+,20-,21-/m0/s1. The SMILES string of the molecule is C[C@]12CC[C@H]3[C@@H](CCC4=CCC=C[C@@]43C)[C@@H]1CC[C@@H]2C(=O)CO. The number of Topliss-reactive ketones (excluding diaryl/α,β-unsaturated/α-hetero) is 1. The number of hydrogen-bond donors (Lipinski definition) is 1. The Kier molecular flexibility index (Phi) is 3.61. The molecule has 3 fully saturated rings. The Morgan fingerprint density at radius 1 is 1.22 bits per heavy atom. The Morgan fingerprint density at radius 2 is 2.04 bits per heavy atom. The summed E-state index contributed by atoms with van der Waals surface area (Å²) in [5, 5.41) is 9.36. The fraction of sp³-hybridized carbons (Fsp3) is 0.762. The summed E-state index contributed by atoms with van der Waals surface area (Å²) in [6.07, 6.45) is 15.6. The van der Waals surface area contributed by atoms with Crippen LogP contribution in [0.1, 0.15) is 58.8 Å². The second-order valence-corrected chi connectivity index (χ2v) is 8.86. The van der Waals surface area contributed by atoms with Gasteiger partial charge in [-0.3, -0.25) is 4.79 Å². The molecule has 0 aliphatic heterocycles. The Balaban J connectivity index is 1.65. The van der Waals surface area contributed by atoms with Crippen molar-refractivity contribution in [3.05, 3.63) is 23.8 Å². The summed E-state index contributed by atoms with van der Waals surface area (Å²) in [5.41, 5.74) is 2.07. The molecule has 0 heterocycles. The van der Waals surface area contributed by atoms with Crippen molar-refractivity contribution < 1.29 is 9.90 Å². The molecule has 0 aromatic carbocycles. The highest BCUT2D eigenvalue weighted by Crippen LogP contribution is 2.66. The Hall–Kier alpha value is -0.890. The molecule has 0 amide bonds. The van der Waals surface area contributed by atoms with Gasteiger partial charge in [-0.05, 0) is 68.1 Å². The van der Waals surface area contributed by atoms with Crippen LogP contribution in [0.5, 0.6) is 0 Å². The summed E-state index contributed by atoms with van der Waals surface area (Å²) >= 11 is 0. The van der Waals surface area contributed by atoms with Crippen LogP contribution in [0.2, 0.25) is 0 Å². The number of fused-ring (bicyclic) bond motifs is 5. The Bertz CT molecular complexity index is 574. The van der Waals surface area contributed by atoms with E-state index in [9.17, 15) is 9.90 Å². The maximum Gasteiger partial charge on any atom is 0.161 e. The molecule has 0 saturated heterocycles. The van der Waals surface area contributed by atoms with Gasteiger partial charge in [-0.15, -0.1) is 0 Å². The topological polar surface area (TPSA) is 37.3 Å². The molecule has 0 unspecified atom stereocenters. The van der Waals surface area contributed by atoms with Crippen molar-refractivity contribution in [2.45, 2.75) is 58.8 Å². The number of ketones is 1. The van der Waals surface area contributed by atoms with Crippen LogP contribution in [0.3, 0.4) is 0 Å². The van der Waals surface area contributed by atoms with Gasteiger partial charge in [0, 0.05) is 11.3 Å². The fourth-order valence-corrected chi connectivity index (χ4v) is 6.98. The first-order valence-electron chi connectivity index (χ1n) is 9.51. The lowest BCUT2D eigenvalue weighted by molar-refractivity contribution is -0.132. The average Bonchev–Trinajstić information content (AvgIpc) is 2.91. The molecule has 2 heteroatoms. The van der Waals surface area contributed by atoms with Gasteiger partial charge in [0.1, 0.15) is 6.61 Å². The third kappa shape index (κ3) is 2.06. The molecule has 126 valence electrons. The van der Waals surface area contributed by atoms with E-state index in [1.807, 2.05) is 0 Å². The number of carbonyl (C=O) groups is 1. The zero-order valence-corrected chi connectivity index (χ0v) is 14.6. The van der Waals surface area contributed by atoms with Crippen molar-refractivity contribution in [3.63, 3.8) is 0 Å². The lowest BCUT2D eigenvalue weighted by Gasteiger charge is -2.57. The molecule has 0 radical (unpaired) electrons. The molecule has 4 aliphatic carbocycles. The molecule has 2 nitrogen and oxygen atoms in total. The van der Waals surface area contributed by atoms with E-state index in [2.05, 4.69) is 32.1 Å². The number of rotatable bonds is 2. The van der Waals surface area contributed by atoms with Crippen LogP contribution in [0.15, 0.2) is 23.8 Å². The molecular formula is C21H30O2. The third-order valence-corrected chi connectivity index (χ3v) is 8.16. The predicted octanol–water partition coefficient (Wildman–Crippen LogP) is 4.29. The van der Waals surface area contributed by atoms with Gasteiger partial charge in [0.05, 0.1) is 0 Å². The molecule has 6 atom stereocenters. The molecule has 0 aromatic heterocycles. The van der Waals surface area contributed by atoms with Gasteiger partial charge in [-0.2, -0.15) is 0 Å². The number of allylic oxidation sites excluding steroid dienone is 4. The fourth-order valence-electron chi connectivity index (χ4n) is 6.98. The van der Waals surface area contributed by atoms with Crippen molar-refractivity contribution in [1.29, 1.82) is 0 Å². The van der Waals surface area contributed by atoms with Gasteiger partial charge in [-0.25, -0.2) is 0 Å². The van der Waals surface area contributed by atoms with Crippen LogP contribution < -0.4 is 0 Å². The minimum atomic E-state index is -0.269. The van der Waals surface area contributed by atoms with Crippen LogP contribution in [-0.4, -0.2) is 17.5 Å².